The van der Waals surface area contributed by atoms with E-state index in [2.05, 4.69) is 23.6 Å². The predicted octanol–water partition coefficient (Wildman–Crippen LogP) is 11.7. The number of unbranched alkanes of at least 4 members (excludes halogenated alkanes) is 1. The van der Waals surface area contributed by atoms with Gasteiger partial charge in [-0.05, 0) is 73.9 Å². The lowest BCUT2D eigenvalue weighted by Crippen LogP contribution is -2.15. The molecule has 0 aliphatic carbocycles. The van der Waals surface area contributed by atoms with Gasteiger partial charge in [-0.1, -0.05) is 104 Å². The van der Waals surface area contributed by atoms with Crippen molar-refractivity contribution in [1.82, 2.24) is 4.57 Å². The van der Waals surface area contributed by atoms with Crippen molar-refractivity contribution in [3.8, 4) is 0 Å². The maximum Gasteiger partial charge on any atom is 0.417 e. The molecule has 0 aliphatic heterocycles. The van der Waals surface area contributed by atoms with Crippen LogP contribution in [0.25, 0.3) is 32.6 Å². The molecule has 1 unspecified atom stereocenters. The van der Waals surface area contributed by atoms with Gasteiger partial charge >= 0.3 is 12.1 Å². The van der Waals surface area contributed by atoms with Gasteiger partial charge in [0, 0.05) is 57.4 Å². The number of aryl methyl sites for hydroxylation is 3. The van der Waals surface area contributed by atoms with Crippen LogP contribution in [-0.2, 0) is 22.4 Å². The Bertz CT molecular complexity index is 2340. The van der Waals surface area contributed by atoms with Gasteiger partial charge < -0.3 is 9.40 Å². The number of hydrogen-bond acceptors (Lipinski definition) is 4. The maximum atomic E-state index is 14.6. The van der Waals surface area contributed by atoms with E-state index >= 15 is 0 Å². The van der Waals surface area contributed by atoms with E-state index in [-0.39, 0.29) is 17.1 Å². The Labute approximate surface area is 302 Å². The van der Waals surface area contributed by atoms with Crippen LogP contribution >= 0.6 is 0 Å². The van der Waals surface area contributed by atoms with Gasteiger partial charge in [0.25, 0.3) is 0 Å². The Kier molecular flexibility index (Phi) is 10.4. The topological polar surface area (TPSA) is 60.7 Å². The van der Waals surface area contributed by atoms with E-state index in [1.54, 1.807) is 6.07 Å². The number of rotatable bonds is 11. The number of halogens is 3. The fraction of sp³-hybridized carbons (Fsp3) is 0.295. The molecule has 1 heterocycles. The zero-order chi connectivity index (χ0) is 37.3. The number of carbonyl (C=O) groups is 2. The number of hydrogen-bond donors (Lipinski definition) is 0. The van der Waals surface area contributed by atoms with E-state index < -0.39 is 17.7 Å². The molecule has 0 radical (unpaired) electrons. The summed E-state index contributed by atoms with van der Waals surface area (Å²) in [5, 5.41) is 7.32. The molecule has 1 aromatic heterocycles. The van der Waals surface area contributed by atoms with E-state index in [0.717, 1.165) is 94.5 Å². The molecule has 0 saturated heterocycles. The van der Waals surface area contributed by atoms with Crippen LogP contribution in [0.1, 0.15) is 95.8 Å². The van der Waals surface area contributed by atoms with E-state index in [1.165, 1.54) is 18.2 Å². The molecule has 268 valence electrons. The summed E-state index contributed by atoms with van der Waals surface area (Å²) in [6, 6.07) is 24.5. The molecule has 6 aromatic rings. The monoisotopic (exact) mass is 704 g/mol. The highest BCUT2D eigenvalue weighted by atomic mass is 19.4. The molecule has 1 atom stereocenters. The lowest BCUT2D eigenvalue weighted by Gasteiger charge is -2.19. The molecule has 0 bridgehead atoms. The Morgan fingerprint density at radius 2 is 1.48 bits per heavy atom. The summed E-state index contributed by atoms with van der Waals surface area (Å²) < 4.78 is 45.3. The van der Waals surface area contributed by atoms with Crippen LogP contribution < -0.4 is 0 Å². The van der Waals surface area contributed by atoms with E-state index in [1.807, 2.05) is 75.4 Å². The lowest BCUT2D eigenvalue weighted by atomic mass is 9.89. The molecule has 0 aliphatic rings. The van der Waals surface area contributed by atoms with Crippen molar-refractivity contribution < 1.29 is 27.6 Å². The second kappa shape index (κ2) is 14.8. The maximum absolute atomic E-state index is 14.6. The minimum atomic E-state index is -4.68. The molecule has 8 heteroatoms. The van der Waals surface area contributed by atoms with E-state index in [9.17, 15) is 22.8 Å². The zero-order valence-electron chi connectivity index (χ0n) is 30.4. The molecular formula is C44H43F3N2O3. The third-order valence-corrected chi connectivity index (χ3v) is 10.0. The van der Waals surface area contributed by atoms with Crippen LogP contribution in [0.4, 0.5) is 13.2 Å². The largest absolute Gasteiger partial charge is 0.417 e. The lowest BCUT2D eigenvalue weighted by molar-refractivity contribution is -0.140. The van der Waals surface area contributed by atoms with Gasteiger partial charge in [-0.2, -0.15) is 13.2 Å². The van der Waals surface area contributed by atoms with Gasteiger partial charge in [-0.3, -0.25) is 4.79 Å². The molecule has 0 amide bonds. The third-order valence-electron chi connectivity index (χ3n) is 10.0. The molecule has 6 rings (SSSR count). The van der Waals surface area contributed by atoms with Gasteiger partial charge in [-0.25, -0.2) is 4.79 Å². The number of oxime groups is 1. The SMILES string of the molecule is CCCCC(CC)Cn1c2ccc(C(=NOC(C)=O)c3ccccc3C(F)(F)F)cc2c2cc(C(=O)c3c(C)cc(C)cc3C)c3ccccc3c21. The summed E-state index contributed by atoms with van der Waals surface area (Å²) in [6.45, 7) is 12.2. The van der Waals surface area contributed by atoms with Gasteiger partial charge in [0.1, 0.15) is 5.71 Å². The van der Waals surface area contributed by atoms with Crippen molar-refractivity contribution in [2.75, 3.05) is 0 Å². The number of ketones is 1. The van der Waals surface area contributed by atoms with Crippen LogP contribution in [0, 0.1) is 26.7 Å². The number of fused-ring (bicyclic) bond motifs is 5. The molecular weight excluding hydrogens is 661 g/mol. The van der Waals surface area contributed by atoms with Crippen LogP contribution in [0.3, 0.4) is 0 Å². The first-order valence-electron chi connectivity index (χ1n) is 17.9. The van der Waals surface area contributed by atoms with Crippen molar-refractivity contribution in [3.05, 3.63) is 129 Å². The zero-order valence-corrected chi connectivity index (χ0v) is 30.4. The van der Waals surface area contributed by atoms with Crippen molar-refractivity contribution in [3.63, 3.8) is 0 Å². The molecule has 0 fully saturated rings. The predicted molar refractivity (Wildman–Crippen MR) is 203 cm³/mol. The molecule has 52 heavy (non-hydrogen) atoms. The van der Waals surface area contributed by atoms with Crippen molar-refractivity contribution in [1.29, 1.82) is 0 Å². The number of alkyl halides is 3. The molecule has 0 N–H and O–H groups in total. The summed E-state index contributed by atoms with van der Waals surface area (Å²) in [5.41, 5.74) is 5.04. The fourth-order valence-electron chi connectivity index (χ4n) is 7.64. The van der Waals surface area contributed by atoms with Crippen molar-refractivity contribution >= 4 is 50.0 Å². The molecule has 0 saturated carbocycles. The highest BCUT2D eigenvalue weighted by molar-refractivity contribution is 6.27. The third kappa shape index (κ3) is 6.99. The Balaban J connectivity index is 1.69. The van der Waals surface area contributed by atoms with Crippen LogP contribution in [0.15, 0.2) is 90.1 Å². The minimum absolute atomic E-state index is 0.0873. The Morgan fingerprint density at radius 3 is 2.13 bits per heavy atom. The summed E-state index contributed by atoms with van der Waals surface area (Å²) in [6.07, 6.45) is -0.457. The highest BCUT2D eigenvalue weighted by Gasteiger charge is 2.35. The molecule has 5 aromatic carbocycles. The number of aromatic nitrogens is 1. The van der Waals surface area contributed by atoms with Gasteiger partial charge in [-0.15, -0.1) is 0 Å². The highest BCUT2D eigenvalue weighted by Crippen LogP contribution is 2.40. The van der Waals surface area contributed by atoms with Crippen molar-refractivity contribution in [2.24, 2.45) is 11.1 Å². The molecule has 0 spiro atoms. The number of nitrogens with zero attached hydrogens (tertiary/aromatic N) is 2. The normalized spacial score (nSPS) is 12.9. The quantitative estimate of drug-likeness (QED) is 0.0584. The van der Waals surface area contributed by atoms with Crippen LogP contribution in [-0.4, -0.2) is 22.0 Å². The van der Waals surface area contributed by atoms with Gasteiger partial charge in [0.2, 0.25) is 0 Å². The summed E-state index contributed by atoms with van der Waals surface area (Å²) in [5.74, 6) is -0.458. The first-order chi connectivity index (χ1) is 24.8. The second-order valence-electron chi connectivity index (χ2n) is 13.8. The van der Waals surface area contributed by atoms with Crippen molar-refractivity contribution in [2.45, 2.75) is 79.9 Å². The fourth-order valence-corrected chi connectivity index (χ4v) is 7.64. The second-order valence-corrected chi connectivity index (χ2v) is 13.8. The average molecular weight is 705 g/mol. The van der Waals surface area contributed by atoms with Crippen LogP contribution in [0.5, 0.6) is 0 Å². The van der Waals surface area contributed by atoms with Gasteiger partial charge in [0.05, 0.1) is 11.1 Å². The first kappa shape index (κ1) is 36.5. The molecule has 5 nitrogen and oxygen atoms in total. The summed E-state index contributed by atoms with van der Waals surface area (Å²) >= 11 is 0. The van der Waals surface area contributed by atoms with Gasteiger partial charge in [0.15, 0.2) is 5.78 Å². The Morgan fingerprint density at radius 1 is 0.808 bits per heavy atom. The summed E-state index contributed by atoms with van der Waals surface area (Å²) in [7, 11) is 0. The number of carbonyl (C=O) groups excluding carboxylic acids is 2. The number of benzene rings is 5. The van der Waals surface area contributed by atoms with E-state index in [4.69, 9.17) is 4.84 Å². The summed E-state index contributed by atoms with van der Waals surface area (Å²) in [4.78, 5) is 31.5. The smallest absolute Gasteiger partial charge is 0.340 e. The minimum Gasteiger partial charge on any atom is -0.340 e. The standard InChI is InChI=1S/C44H43F3N2O3/c1-7-9-14-30(8-2)25-49-39-20-19-31(41(48-52-29(6)50)34-17-12-13-18-38(34)44(45,46)47)23-35(39)36-24-37(32-15-10-11-16-33(32)42(36)49)43(51)40-27(4)21-26(3)22-28(40)5/h10-13,15-24,30H,7-9,14,25H2,1-6H3. The first-order valence-corrected chi connectivity index (χ1v) is 17.9. The average Bonchev–Trinajstić information content (AvgIpc) is 3.41. The van der Waals surface area contributed by atoms with Crippen LogP contribution in [0.2, 0.25) is 0 Å². The van der Waals surface area contributed by atoms with E-state index in [0.29, 0.717) is 22.6 Å². The Hall–Kier alpha value is -5.24.